The Morgan fingerprint density at radius 3 is 1.58 bits per heavy atom. The second-order valence-electron chi connectivity index (χ2n) is 11.6. The summed E-state index contributed by atoms with van der Waals surface area (Å²) in [4.78, 5) is 0. The zero-order chi connectivity index (χ0) is 30.0. The van der Waals surface area contributed by atoms with Gasteiger partial charge in [-0.1, -0.05) is 127 Å². The summed E-state index contributed by atoms with van der Waals surface area (Å²) in [7, 11) is -3.10. The number of para-hydroxylation sites is 1. The third kappa shape index (κ3) is 4.00. The molecular weight excluding hydrogens is 567 g/mol. The minimum absolute atomic E-state index is 0.646. The highest BCUT2D eigenvalue weighted by Gasteiger charge is 2.39. The predicted molar refractivity (Wildman–Crippen MR) is 189 cm³/mol. The van der Waals surface area contributed by atoms with Crippen LogP contribution < -0.4 is 20.7 Å². The van der Waals surface area contributed by atoms with Crippen LogP contribution in [-0.2, 0) is 4.57 Å². The molecule has 8 aromatic carbocycles. The molecule has 0 aromatic heterocycles. The summed E-state index contributed by atoms with van der Waals surface area (Å²) in [6, 6.07) is 56.4. The van der Waals surface area contributed by atoms with E-state index in [2.05, 4.69) is 97.1 Å². The van der Waals surface area contributed by atoms with Crippen LogP contribution >= 0.6 is 7.14 Å². The number of hydrogen-bond acceptors (Lipinski definition) is 2. The fraction of sp³-hybridized carbons (Fsp3) is 0. The van der Waals surface area contributed by atoms with E-state index in [1.54, 1.807) is 0 Å². The summed E-state index contributed by atoms with van der Waals surface area (Å²) >= 11 is 0. The molecule has 0 saturated heterocycles. The van der Waals surface area contributed by atoms with Crippen molar-refractivity contribution < 1.29 is 9.30 Å². The summed E-state index contributed by atoms with van der Waals surface area (Å²) in [6.07, 6.45) is 0. The quantitative estimate of drug-likeness (QED) is 0.150. The highest BCUT2D eigenvalue weighted by atomic mass is 31.2. The molecule has 1 atom stereocenters. The van der Waals surface area contributed by atoms with Gasteiger partial charge in [0.1, 0.15) is 11.5 Å². The maximum atomic E-state index is 15.0. The van der Waals surface area contributed by atoms with E-state index in [9.17, 15) is 4.57 Å². The van der Waals surface area contributed by atoms with E-state index in [0.29, 0.717) is 11.5 Å². The molecule has 0 fully saturated rings. The highest BCUT2D eigenvalue weighted by Crippen LogP contribution is 2.52. The summed E-state index contributed by atoms with van der Waals surface area (Å²) in [5.41, 5.74) is 4.41. The van der Waals surface area contributed by atoms with Crippen LogP contribution in [-0.4, -0.2) is 0 Å². The van der Waals surface area contributed by atoms with Crippen molar-refractivity contribution in [3.05, 3.63) is 164 Å². The molecule has 1 heterocycles. The van der Waals surface area contributed by atoms with Crippen molar-refractivity contribution in [3.8, 4) is 33.8 Å². The number of ether oxygens (including phenoxy) is 1. The minimum atomic E-state index is -3.10. The van der Waals surface area contributed by atoms with Crippen LogP contribution in [0, 0.1) is 0 Å². The van der Waals surface area contributed by atoms with Gasteiger partial charge in [-0.2, -0.15) is 0 Å². The van der Waals surface area contributed by atoms with Crippen LogP contribution in [0.1, 0.15) is 0 Å². The van der Waals surface area contributed by atoms with E-state index in [1.165, 1.54) is 37.9 Å². The second kappa shape index (κ2) is 10.1. The Hall–Kier alpha value is -5.43. The van der Waals surface area contributed by atoms with Crippen LogP contribution in [0.3, 0.4) is 0 Å². The first-order valence-electron chi connectivity index (χ1n) is 15.2. The van der Waals surface area contributed by atoms with Gasteiger partial charge in [-0.05, 0) is 91.0 Å². The van der Waals surface area contributed by atoms with Crippen molar-refractivity contribution >= 4 is 55.4 Å². The number of rotatable bonds is 3. The Labute approximate surface area is 261 Å². The van der Waals surface area contributed by atoms with Gasteiger partial charge in [0.25, 0.3) is 0 Å². The van der Waals surface area contributed by atoms with Gasteiger partial charge in [-0.3, -0.25) is 0 Å². The molecule has 0 bridgehead atoms. The van der Waals surface area contributed by atoms with Crippen molar-refractivity contribution in [3.63, 3.8) is 0 Å². The molecule has 0 radical (unpaired) electrons. The molecule has 1 aliphatic heterocycles. The highest BCUT2D eigenvalue weighted by molar-refractivity contribution is 7.85. The van der Waals surface area contributed by atoms with Crippen LogP contribution in [0.25, 0.3) is 54.6 Å². The molecule has 1 aliphatic rings. The molecule has 0 spiro atoms. The number of fused-ring (bicyclic) bond motifs is 8. The Balaban J connectivity index is 1.17. The fourth-order valence-electron chi connectivity index (χ4n) is 6.97. The van der Waals surface area contributed by atoms with Crippen molar-refractivity contribution in [1.82, 2.24) is 0 Å². The molecule has 8 aromatic rings. The maximum Gasteiger partial charge on any atom is 0.178 e. The third-order valence-corrected chi connectivity index (χ3v) is 12.2. The lowest BCUT2D eigenvalue weighted by Crippen LogP contribution is -2.30. The molecule has 0 N–H and O–H groups in total. The normalized spacial score (nSPS) is 15.5. The van der Waals surface area contributed by atoms with Crippen LogP contribution in [0.4, 0.5) is 0 Å². The molecule has 0 saturated carbocycles. The monoisotopic (exact) mass is 594 g/mol. The minimum Gasteiger partial charge on any atom is -0.456 e. The lowest BCUT2D eigenvalue weighted by atomic mass is 9.91. The summed E-state index contributed by atoms with van der Waals surface area (Å²) in [5, 5.41) is 9.90. The van der Waals surface area contributed by atoms with Gasteiger partial charge in [0.05, 0.1) is 10.6 Å². The zero-order valence-electron chi connectivity index (χ0n) is 24.4. The van der Waals surface area contributed by atoms with Gasteiger partial charge in [0.2, 0.25) is 0 Å². The summed E-state index contributed by atoms with van der Waals surface area (Å²) in [6.45, 7) is 0. The van der Waals surface area contributed by atoms with Gasteiger partial charge in [0.15, 0.2) is 7.14 Å². The Morgan fingerprint density at radius 2 is 0.867 bits per heavy atom. The fourth-order valence-corrected chi connectivity index (χ4v) is 9.81. The Bertz CT molecular complexity index is 2460. The Morgan fingerprint density at radius 1 is 0.356 bits per heavy atom. The predicted octanol–water partition coefficient (Wildman–Crippen LogP) is 10.2. The van der Waals surface area contributed by atoms with Crippen molar-refractivity contribution in [2.75, 3.05) is 0 Å². The van der Waals surface area contributed by atoms with E-state index < -0.39 is 7.14 Å². The standard InChI is InChI=1S/C42H27O2P/c43-45(32-13-2-1-3-14-32)41-20-9-8-19-39(41)44-40-27-31(22-24-42(40)45)29-12-10-11-28(25-29)30-21-23-37-35-17-5-4-15-33(35)34-16-6-7-18-36(34)38(37)26-30/h1-27H. The molecule has 0 aliphatic carbocycles. The molecule has 9 rings (SSSR count). The largest absolute Gasteiger partial charge is 0.456 e. The van der Waals surface area contributed by atoms with Crippen molar-refractivity contribution in [1.29, 1.82) is 0 Å². The first-order valence-corrected chi connectivity index (χ1v) is 16.9. The van der Waals surface area contributed by atoms with E-state index in [0.717, 1.165) is 32.6 Å². The van der Waals surface area contributed by atoms with Gasteiger partial charge < -0.3 is 9.30 Å². The summed E-state index contributed by atoms with van der Waals surface area (Å²) < 4.78 is 21.4. The van der Waals surface area contributed by atoms with Gasteiger partial charge in [0, 0.05) is 5.30 Å². The van der Waals surface area contributed by atoms with Crippen LogP contribution in [0.5, 0.6) is 11.5 Å². The Kier molecular flexibility index (Phi) is 5.81. The third-order valence-electron chi connectivity index (χ3n) is 9.12. The lowest BCUT2D eigenvalue weighted by molar-refractivity contribution is 0.485. The molecule has 0 amide bonds. The molecule has 3 heteroatoms. The van der Waals surface area contributed by atoms with Crippen molar-refractivity contribution in [2.24, 2.45) is 0 Å². The summed E-state index contributed by atoms with van der Waals surface area (Å²) in [5.74, 6) is 1.30. The van der Waals surface area contributed by atoms with Crippen LogP contribution in [0.15, 0.2) is 164 Å². The smallest absolute Gasteiger partial charge is 0.178 e. The average molecular weight is 595 g/mol. The van der Waals surface area contributed by atoms with E-state index in [-0.39, 0.29) is 0 Å². The molecule has 212 valence electrons. The average Bonchev–Trinajstić information content (AvgIpc) is 3.12. The van der Waals surface area contributed by atoms with E-state index in [1.807, 2.05) is 66.7 Å². The zero-order valence-corrected chi connectivity index (χ0v) is 25.2. The topological polar surface area (TPSA) is 26.3 Å². The maximum absolute atomic E-state index is 15.0. The lowest BCUT2D eigenvalue weighted by Gasteiger charge is -2.29. The first-order chi connectivity index (χ1) is 22.2. The van der Waals surface area contributed by atoms with Gasteiger partial charge in [-0.15, -0.1) is 0 Å². The molecular formula is C42H27O2P. The first kappa shape index (κ1) is 26.0. The molecule has 45 heavy (non-hydrogen) atoms. The van der Waals surface area contributed by atoms with Crippen LogP contribution in [0.2, 0.25) is 0 Å². The number of hydrogen-bond donors (Lipinski definition) is 0. The SMILES string of the molecule is O=P1(c2ccccc2)c2ccccc2Oc2cc(-c3cccc(-c4ccc5c6ccccc6c6ccccc6c5c4)c3)ccc21. The van der Waals surface area contributed by atoms with Crippen molar-refractivity contribution in [2.45, 2.75) is 0 Å². The number of benzene rings is 8. The van der Waals surface area contributed by atoms with Gasteiger partial charge >= 0.3 is 0 Å². The second-order valence-corrected chi connectivity index (χ2v) is 14.3. The van der Waals surface area contributed by atoms with Gasteiger partial charge in [-0.25, -0.2) is 0 Å². The van der Waals surface area contributed by atoms with E-state index in [4.69, 9.17) is 4.74 Å². The molecule has 2 nitrogen and oxygen atoms in total. The molecule has 1 unspecified atom stereocenters. The van der Waals surface area contributed by atoms with E-state index >= 15 is 0 Å².